The highest BCUT2D eigenvalue weighted by atomic mass is 32.2. The molecule has 1 amide bonds. The third-order valence-electron chi connectivity index (χ3n) is 4.39. The Labute approximate surface area is 152 Å². The molecule has 25 heavy (non-hydrogen) atoms. The van der Waals surface area contributed by atoms with E-state index in [-0.39, 0.29) is 24.0 Å². The number of hydrogen-bond donors (Lipinski definition) is 0. The Morgan fingerprint density at radius 3 is 2.76 bits per heavy atom. The first-order valence-electron chi connectivity index (χ1n) is 8.84. The van der Waals surface area contributed by atoms with Gasteiger partial charge in [-0.15, -0.1) is 5.10 Å². The molecule has 2 rings (SSSR count). The molecule has 0 N–H and O–H groups in total. The molecule has 2 atom stereocenters. The summed E-state index contributed by atoms with van der Waals surface area (Å²) in [5.74, 6) is 0.646. The van der Waals surface area contributed by atoms with Crippen molar-refractivity contribution in [3.8, 4) is 0 Å². The zero-order valence-electron chi connectivity index (χ0n) is 15.2. The largest absolute Gasteiger partial charge is 0.460 e. The van der Waals surface area contributed by atoms with E-state index in [1.165, 1.54) is 6.92 Å². The van der Waals surface area contributed by atoms with Crippen LogP contribution in [-0.2, 0) is 21.4 Å². The molecule has 140 valence electrons. The van der Waals surface area contributed by atoms with Crippen LogP contribution in [0.25, 0.3) is 0 Å². The summed E-state index contributed by atoms with van der Waals surface area (Å²) in [7, 11) is 1.80. The van der Waals surface area contributed by atoms with Crippen molar-refractivity contribution in [3.63, 3.8) is 0 Å². The van der Waals surface area contributed by atoms with Crippen LogP contribution < -0.4 is 0 Å². The number of rotatable bonds is 8. The van der Waals surface area contributed by atoms with Gasteiger partial charge < -0.3 is 9.64 Å². The predicted octanol–water partition coefficient (Wildman–Crippen LogP) is 1.81. The number of carbonyl (C=O) groups is 2. The Hall–Kier alpha value is -1.64. The van der Waals surface area contributed by atoms with Crippen LogP contribution in [0.2, 0.25) is 0 Å². The molecular formula is C16H27N5O3S. The first kappa shape index (κ1) is 19.7. The number of amides is 1. The third kappa shape index (κ3) is 5.69. The summed E-state index contributed by atoms with van der Waals surface area (Å²) in [6, 6.07) is 0.00532. The van der Waals surface area contributed by atoms with Gasteiger partial charge in [-0.3, -0.25) is 9.59 Å². The van der Waals surface area contributed by atoms with Crippen molar-refractivity contribution in [1.82, 2.24) is 25.1 Å². The van der Waals surface area contributed by atoms with Crippen LogP contribution in [0.5, 0.6) is 0 Å². The molecule has 1 aliphatic rings. The van der Waals surface area contributed by atoms with Gasteiger partial charge in [0.05, 0.1) is 6.04 Å². The van der Waals surface area contributed by atoms with Gasteiger partial charge in [-0.2, -0.15) is 0 Å². The molecule has 1 heterocycles. The fraction of sp³-hybridized carbons (Fsp3) is 0.812. The van der Waals surface area contributed by atoms with E-state index in [4.69, 9.17) is 4.74 Å². The molecule has 2 unspecified atom stereocenters. The van der Waals surface area contributed by atoms with E-state index in [2.05, 4.69) is 15.5 Å². The number of tetrazole rings is 1. The van der Waals surface area contributed by atoms with Crippen LogP contribution in [0.3, 0.4) is 0 Å². The standard InChI is InChI=1S/C16H27N5O3S/c1-4-21(13-8-5-6-9-14(13)24-12(2)22)15(23)10-7-11-25-16-17-18-19-20(16)3/h13-14H,4-11H2,1-3H3. The van der Waals surface area contributed by atoms with Crippen molar-refractivity contribution in [2.75, 3.05) is 12.3 Å². The molecule has 0 bridgehead atoms. The van der Waals surface area contributed by atoms with Crippen LogP contribution in [0.4, 0.5) is 0 Å². The Balaban J connectivity index is 1.84. The van der Waals surface area contributed by atoms with Gasteiger partial charge in [-0.25, -0.2) is 4.68 Å². The molecule has 0 aliphatic heterocycles. The van der Waals surface area contributed by atoms with E-state index in [0.29, 0.717) is 13.0 Å². The SMILES string of the molecule is CCN(C(=O)CCCSc1nnnn1C)C1CCCCC1OC(C)=O. The number of nitrogens with zero attached hydrogens (tertiary/aromatic N) is 5. The summed E-state index contributed by atoms with van der Waals surface area (Å²) in [6.07, 6.45) is 4.92. The Kier molecular flexibility index (Phi) is 7.67. The minimum Gasteiger partial charge on any atom is -0.460 e. The number of esters is 1. The smallest absolute Gasteiger partial charge is 0.302 e. The fourth-order valence-corrected chi connectivity index (χ4v) is 4.04. The number of carbonyl (C=O) groups excluding carboxylic acids is 2. The van der Waals surface area contributed by atoms with Gasteiger partial charge in [0.1, 0.15) is 6.10 Å². The summed E-state index contributed by atoms with van der Waals surface area (Å²) < 4.78 is 7.08. The Morgan fingerprint density at radius 2 is 2.12 bits per heavy atom. The molecule has 9 heteroatoms. The summed E-state index contributed by atoms with van der Waals surface area (Å²) in [4.78, 5) is 25.9. The summed E-state index contributed by atoms with van der Waals surface area (Å²) in [5, 5.41) is 12.0. The lowest BCUT2D eigenvalue weighted by Crippen LogP contribution is -2.49. The molecule has 0 saturated heterocycles. The second-order valence-corrected chi connectivity index (χ2v) is 7.28. The summed E-state index contributed by atoms with van der Waals surface area (Å²) in [6.45, 7) is 4.06. The van der Waals surface area contributed by atoms with E-state index in [1.54, 1.807) is 23.5 Å². The maximum absolute atomic E-state index is 12.7. The van der Waals surface area contributed by atoms with Crippen molar-refractivity contribution in [2.24, 2.45) is 7.05 Å². The molecule has 1 saturated carbocycles. The monoisotopic (exact) mass is 369 g/mol. The van der Waals surface area contributed by atoms with Crippen LogP contribution in [0.1, 0.15) is 52.4 Å². The van der Waals surface area contributed by atoms with Crippen molar-refractivity contribution < 1.29 is 14.3 Å². The normalized spacial score (nSPS) is 20.3. The number of aryl methyl sites for hydroxylation is 1. The fourth-order valence-electron chi connectivity index (χ4n) is 3.25. The average molecular weight is 369 g/mol. The molecule has 1 fully saturated rings. The van der Waals surface area contributed by atoms with Gasteiger partial charge in [-0.1, -0.05) is 18.2 Å². The molecule has 1 aliphatic carbocycles. The van der Waals surface area contributed by atoms with Gasteiger partial charge in [0.15, 0.2) is 0 Å². The maximum Gasteiger partial charge on any atom is 0.302 e. The van der Waals surface area contributed by atoms with Gasteiger partial charge in [-0.05, 0) is 43.0 Å². The van der Waals surface area contributed by atoms with Crippen molar-refractivity contribution in [3.05, 3.63) is 0 Å². The van der Waals surface area contributed by atoms with E-state index >= 15 is 0 Å². The van der Waals surface area contributed by atoms with Crippen molar-refractivity contribution in [2.45, 2.75) is 69.7 Å². The van der Waals surface area contributed by atoms with Crippen LogP contribution in [-0.4, -0.2) is 61.4 Å². The van der Waals surface area contributed by atoms with E-state index in [9.17, 15) is 9.59 Å². The lowest BCUT2D eigenvalue weighted by atomic mass is 9.90. The minimum absolute atomic E-state index is 0.00532. The number of ether oxygens (including phenoxy) is 1. The van der Waals surface area contributed by atoms with Crippen molar-refractivity contribution in [1.29, 1.82) is 0 Å². The second-order valence-electron chi connectivity index (χ2n) is 6.22. The highest BCUT2D eigenvalue weighted by molar-refractivity contribution is 7.99. The van der Waals surface area contributed by atoms with Crippen molar-refractivity contribution >= 4 is 23.6 Å². The van der Waals surface area contributed by atoms with Gasteiger partial charge >= 0.3 is 5.97 Å². The van der Waals surface area contributed by atoms with Crippen LogP contribution in [0, 0.1) is 0 Å². The number of hydrogen-bond acceptors (Lipinski definition) is 7. The predicted molar refractivity (Wildman–Crippen MR) is 94.0 cm³/mol. The molecule has 1 aromatic rings. The third-order valence-corrected chi connectivity index (χ3v) is 5.49. The lowest BCUT2D eigenvalue weighted by Gasteiger charge is -2.39. The number of thioether (sulfide) groups is 1. The van der Waals surface area contributed by atoms with Gasteiger partial charge in [0.2, 0.25) is 11.1 Å². The first-order valence-corrected chi connectivity index (χ1v) is 9.83. The van der Waals surface area contributed by atoms with Crippen LogP contribution in [0.15, 0.2) is 5.16 Å². The highest BCUT2D eigenvalue weighted by Gasteiger charge is 2.33. The number of likely N-dealkylation sites (N-methyl/N-ethyl adjacent to an activating group) is 1. The average Bonchev–Trinajstić information content (AvgIpc) is 2.98. The van der Waals surface area contributed by atoms with Gasteiger partial charge in [0.25, 0.3) is 0 Å². The topological polar surface area (TPSA) is 90.2 Å². The summed E-state index contributed by atoms with van der Waals surface area (Å²) >= 11 is 1.55. The quantitative estimate of drug-likeness (QED) is 0.392. The van der Waals surface area contributed by atoms with Gasteiger partial charge in [0, 0.05) is 32.7 Å². The lowest BCUT2D eigenvalue weighted by molar-refractivity contribution is -0.156. The summed E-state index contributed by atoms with van der Waals surface area (Å²) in [5.41, 5.74) is 0. The second kappa shape index (κ2) is 9.74. The zero-order chi connectivity index (χ0) is 18.2. The zero-order valence-corrected chi connectivity index (χ0v) is 16.0. The first-order chi connectivity index (χ1) is 12.0. The molecule has 1 aromatic heterocycles. The number of aromatic nitrogens is 4. The van der Waals surface area contributed by atoms with E-state index < -0.39 is 0 Å². The molecule has 8 nitrogen and oxygen atoms in total. The van der Waals surface area contributed by atoms with Crippen LogP contribution >= 0.6 is 11.8 Å². The molecular weight excluding hydrogens is 342 g/mol. The molecule has 0 radical (unpaired) electrons. The minimum atomic E-state index is -0.269. The molecule has 0 aromatic carbocycles. The van der Waals surface area contributed by atoms with E-state index in [1.807, 2.05) is 11.8 Å². The highest BCUT2D eigenvalue weighted by Crippen LogP contribution is 2.26. The Morgan fingerprint density at radius 1 is 1.36 bits per heavy atom. The maximum atomic E-state index is 12.7. The van der Waals surface area contributed by atoms with E-state index in [0.717, 1.165) is 43.0 Å². The molecule has 0 spiro atoms. The Bertz CT molecular complexity index is 580.